The highest BCUT2D eigenvalue weighted by Crippen LogP contribution is 2.46. The van der Waals surface area contributed by atoms with Crippen LogP contribution in [0.4, 0.5) is 0 Å². The standard InChI is InChI=1S/C20H23NO5S2/c1-11-17(19(23)25-4)12(2)21-18(11)14(22)10-26-15-6-5-13(9-16(15)24-3)20-27-7-8-28-20/h5-6,9,20-21H,7-8,10H2,1-4H3. The number of hydrogen-bond donors (Lipinski definition) is 1. The van der Waals surface area contributed by atoms with E-state index in [0.29, 0.717) is 38.6 Å². The summed E-state index contributed by atoms with van der Waals surface area (Å²) in [7, 11) is 2.90. The van der Waals surface area contributed by atoms with Crippen LogP contribution < -0.4 is 9.47 Å². The minimum Gasteiger partial charge on any atom is -0.493 e. The molecular formula is C20H23NO5S2. The van der Waals surface area contributed by atoms with Gasteiger partial charge >= 0.3 is 5.97 Å². The van der Waals surface area contributed by atoms with Crippen LogP contribution in [0.1, 0.15) is 42.2 Å². The summed E-state index contributed by atoms with van der Waals surface area (Å²) in [4.78, 5) is 27.5. The zero-order valence-electron chi connectivity index (χ0n) is 16.3. The fourth-order valence-electron chi connectivity index (χ4n) is 3.15. The summed E-state index contributed by atoms with van der Waals surface area (Å²) < 4.78 is 16.4. The van der Waals surface area contributed by atoms with Gasteiger partial charge in [0.15, 0.2) is 18.1 Å². The van der Waals surface area contributed by atoms with Crippen LogP contribution in [0.5, 0.6) is 11.5 Å². The number of Topliss-reactive ketones (excluding diaryl/α,β-unsaturated/α-hetero) is 1. The number of esters is 1. The first-order valence-corrected chi connectivity index (χ1v) is 10.9. The quantitative estimate of drug-likeness (QED) is 0.531. The molecule has 0 unspecified atom stereocenters. The van der Waals surface area contributed by atoms with Gasteiger partial charge < -0.3 is 19.2 Å². The van der Waals surface area contributed by atoms with E-state index in [1.54, 1.807) is 21.0 Å². The lowest BCUT2D eigenvalue weighted by atomic mass is 10.1. The zero-order chi connectivity index (χ0) is 20.3. The van der Waals surface area contributed by atoms with Crippen LogP contribution in [0.3, 0.4) is 0 Å². The van der Waals surface area contributed by atoms with Crippen molar-refractivity contribution in [3.8, 4) is 11.5 Å². The van der Waals surface area contributed by atoms with Gasteiger partial charge in [0, 0.05) is 17.2 Å². The van der Waals surface area contributed by atoms with E-state index in [2.05, 4.69) is 4.98 Å². The number of H-pyrrole nitrogens is 1. The van der Waals surface area contributed by atoms with Crippen LogP contribution in [-0.4, -0.2) is 49.1 Å². The molecule has 2 heterocycles. The molecule has 3 rings (SSSR count). The van der Waals surface area contributed by atoms with Crippen molar-refractivity contribution in [3.05, 3.63) is 46.3 Å². The minimum atomic E-state index is -0.467. The molecule has 0 bridgehead atoms. The van der Waals surface area contributed by atoms with Gasteiger partial charge in [0.05, 0.1) is 30.1 Å². The summed E-state index contributed by atoms with van der Waals surface area (Å²) in [5, 5.41) is 0. The first kappa shape index (κ1) is 20.7. The molecule has 0 radical (unpaired) electrons. The molecule has 0 amide bonds. The fourth-order valence-corrected chi connectivity index (χ4v) is 5.99. The van der Waals surface area contributed by atoms with Gasteiger partial charge in [0.2, 0.25) is 5.78 Å². The van der Waals surface area contributed by atoms with Crippen LogP contribution >= 0.6 is 23.5 Å². The van der Waals surface area contributed by atoms with Gasteiger partial charge in [-0.25, -0.2) is 4.79 Å². The lowest BCUT2D eigenvalue weighted by Crippen LogP contribution is -2.14. The third kappa shape index (κ3) is 4.17. The number of aromatic nitrogens is 1. The monoisotopic (exact) mass is 421 g/mol. The van der Waals surface area contributed by atoms with Crippen molar-refractivity contribution in [2.75, 3.05) is 32.3 Å². The first-order chi connectivity index (χ1) is 13.5. The number of aromatic amines is 1. The lowest BCUT2D eigenvalue weighted by Gasteiger charge is -2.14. The van der Waals surface area contributed by atoms with Gasteiger partial charge in [-0.2, -0.15) is 0 Å². The van der Waals surface area contributed by atoms with Crippen LogP contribution in [0, 0.1) is 13.8 Å². The SMILES string of the molecule is COC(=O)c1c(C)[nH]c(C(=O)COc2ccc(C3SCCS3)cc2OC)c1C. The van der Waals surface area contributed by atoms with Gasteiger partial charge in [-0.1, -0.05) is 6.07 Å². The Morgan fingerprint density at radius 2 is 1.86 bits per heavy atom. The summed E-state index contributed by atoms with van der Waals surface area (Å²) in [5.41, 5.74) is 3.09. The second-order valence-electron chi connectivity index (χ2n) is 6.31. The van der Waals surface area contributed by atoms with Crippen LogP contribution in [0.2, 0.25) is 0 Å². The highest BCUT2D eigenvalue weighted by molar-refractivity contribution is 8.19. The van der Waals surface area contributed by atoms with Crippen LogP contribution in [0.25, 0.3) is 0 Å². The maximum atomic E-state index is 12.6. The lowest BCUT2D eigenvalue weighted by molar-refractivity contribution is 0.0599. The number of benzene rings is 1. The Morgan fingerprint density at radius 1 is 1.14 bits per heavy atom. The molecule has 2 aromatic rings. The third-order valence-electron chi connectivity index (χ3n) is 4.55. The molecule has 28 heavy (non-hydrogen) atoms. The Hall–Kier alpha value is -2.06. The van der Waals surface area contributed by atoms with E-state index in [-0.39, 0.29) is 12.4 Å². The highest BCUT2D eigenvalue weighted by atomic mass is 32.2. The number of rotatable bonds is 7. The molecule has 1 aliphatic heterocycles. The van der Waals surface area contributed by atoms with Gasteiger partial charge in [-0.3, -0.25) is 4.79 Å². The summed E-state index contributed by atoms with van der Waals surface area (Å²) in [6, 6.07) is 5.82. The molecule has 1 saturated heterocycles. The largest absolute Gasteiger partial charge is 0.493 e. The van der Waals surface area contributed by atoms with E-state index in [0.717, 1.165) is 11.5 Å². The van der Waals surface area contributed by atoms with Crippen molar-refractivity contribution < 1.29 is 23.8 Å². The number of hydrogen-bond acceptors (Lipinski definition) is 7. The number of thioether (sulfide) groups is 2. The molecule has 8 heteroatoms. The Balaban J connectivity index is 1.73. The molecule has 1 fully saturated rings. The van der Waals surface area contributed by atoms with Crippen LogP contribution in [-0.2, 0) is 4.74 Å². The summed E-state index contributed by atoms with van der Waals surface area (Å²) >= 11 is 3.83. The number of nitrogens with one attached hydrogen (secondary N) is 1. The molecular weight excluding hydrogens is 398 g/mol. The predicted octanol–water partition coefficient (Wildman–Crippen LogP) is 4.17. The highest BCUT2D eigenvalue weighted by Gasteiger charge is 2.23. The Labute approximate surface area is 172 Å². The molecule has 150 valence electrons. The number of carbonyl (C=O) groups is 2. The molecule has 0 saturated carbocycles. The predicted molar refractivity (Wildman–Crippen MR) is 112 cm³/mol. The van der Waals surface area contributed by atoms with Crippen molar-refractivity contribution in [2.24, 2.45) is 0 Å². The molecule has 6 nitrogen and oxygen atoms in total. The van der Waals surface area contributed by atoms with Gasteiger partial charge in [-0.05, 0) is 37.1 Å². The number of aryl methyl sites for hydroxylation is 1. The first-order valence-electron chi connectivity index (χ1n) is 8.80. The molecule has 1 aromatic heterocycles. The van der Waals surface area contributed by atoms with E-state index in [1.165, 1.54) is 12.7 Å². The molecule has 1 N–H and O–H groups in total. The fraction of sp³-hybridized carbons (Fsp3) is 0.400. The maximum absolute atomic E-state index is 12.6. The summed E-state index contributed by atoms with van der Waals surface area (Å²) in [6.45, 7) is 3.29. The van der Waals surface area contributed by atoms with E-state index >= 15 is 0 Å². The van der Waals surface area contributed by atoms with Gasteiger partial charge in [0.1, 0.15) is 0 Å². The third-order valence-corrected chi connectivity index (χ3v) is 7.65. The topological polar surface area (TPSA) is 77.6 Å². The maximum Gasteiger partial charge on any atom is 0.339 e. The molecule has 1 aromatic carbocycles. The average molecular weight is 422 g/mol. The van der Waals surface area contributed by atoms with Crippen molar-refractivity contribution >= 4 is 35.3 Å². The van der Waals surface area contributed by atoms with Crippen LogP contribution in [0.15, 0.2) is 18.2 Å². The number of ether oxygens (including phenoxy) is 3. The Bertz CT molecular complexity index is 887. The molecule has 0 atom stereocenters. The smallest absolute Gasteiger partial charge is 0.339 e. The second kappa shape index (κ2) is 8.96. The van der Waals surface area contributed by atoms with Crippen molar-refractivity contribution in [3.63, 3.8) is 0 Å². The van der Waals surface area contributed by atoms with E-state index in [4.69, 9.17) is 14.2 Å². The van der Waals surface area contributed by atoms with Crippen molar-refractivity contribution in [1.82, 2.24) is 4.98 Å². The number of carbonyl (C=O) groups excluding carboxylic acids is 2. The van der Waals surface area contributed by atoms with E-state index < -0.39 is 5.97 Å². The average Bonchev–Trinajstić information content (AvgIpc) is 3.33. The van der Waals surface area contributed by atoms with Gasteiger partial charge in [0.25, 0.3) is 0 Å². The van der Waals surface area contributed by atoms with Crippen molar-refractivity contribution in [2.45, 2.75) is 18.4 Å². The number of ketones is 1. The zero-order valence-corrected chi connectivity index (χ0v) is 17.9. The second-order valence-corrected chi connectivity index (χ2v) is 9.04. The van der Waals surface area contributed by atoms with E-state index in [1.807, 2.05) is 41.7 Å². The Morgan fingerprint density at radius 3 is 2.50 bits per heavy atom. The Kier molecular flexibility index (Phi) is 6.61. The molecule has 1 aliphatic rings. The molecule has 0 spiro atoms. The minimum absolute atomic E-state index is 0.163. The van der Waals surface area contributed by atoms with Gasteiger partial charge in [-0.15, -0.1) is 23.5 Å². The van der Waals surface area contributed by atoms with E-state index in [9.17, 15) is 9.59 Å². The normalized spacial score (nSPS) is 14.1. The van der Waals surface area contributed by atoms with Crippen molar-refractivity contribution in [1.29, 1.82) is 0 Å². The number of methoxy groups -OCH3 is 2. The summed E-state index contributed by atoms with van der Waals surface area (Å²) in [5.74, 6) is 2.70. The molecule has 0 aliphatic carbocycles. The summed E-state index contributed by atoms with van der Waals surface area (Å²) in [6.07, 6.45) is 0.